The normalized spacial score (nSPS) is 18.5. The standard InChI is InChI=1S/C22H23N5O4/c28-22(24-17-3-4-18-19(12-17)30-11-10-29-18)16-2-1-9-27(13-16)14-20-25-21(26-31-20)15-5-7-23-8-6-15/h3-8,12,16H,1-2,9-11,13-14H2,(H,24,28). The van der Waals surface area contributed by atoms with E-state index in [1.54, 1.807) is 12.4 Å². The summed E-state index contributed by atoms with van der Waals surface area (Å²) in [6.07, 6.45) is 5.17. The molecule has 1 fully saturated rings. The van der Waals surface area contributed by atoms with Gasteiger partial charge in [0.15, 0.2) is 11.5 Å². The molecule has 4 heterocycles. The molecule has 2 aliphatic heterocycles. The van der Waals surface area contributed by atoms with Gasteiger partial charge >= 0.3 is 0 Å². The maximum atomic E-state index is 12.9. The Balaban J connectivity index is 1.19. The Bertz CT molecular complexity index is 1060. The third kappa shape index (κ3) is 4.51. The molecule has 1 amide bonds. The van der Waals surface area contributed by atoms with Crippen LogP contribution in [0.5, 0.6) is 11.5 Å². The molecule has 3 aromatic rings. The SMILES string of the molecule is O=C(Nc1ccc2c(c1)OCCO2)C1CCCN(Cc2nc(-c3ccncc3)no2)C1. The summed E-state index contributed by atoms with van der Waals surface area (Å²) < 4.78 is 16.5. The van der Waals surface area contributed by atoms with Gasteiger partial charge in [-0.15, -0.1) is 0 Å². The Morgan fingerprint density at radius 1 is 1.13 bits per heavy atom. The van der Waals surface area contributed by atoms with Crippen LogP contribution >= 0.6 is 0 Å². The van der Waals surface area contributed by atoms with E-state index in [0.717, 1.165) is 24.9 Å². The number of aromatic nitrogens is 3. The Hall–Kier alpha value is -3.46. The first-order valence-corrected chi connectivity index (χ1v) is 10.4. The highest BCUT2D eigenvalue weighted by atomic mass is 16.6. The van der Waals surface area contributed by atoms with Gasteiger partial charge in [0.25, 0.3) is 0 Å². The van der Waals surface area contributed by atoms with Crippen LogP contribution in [0.4, 0.5) is 5.69 Å². The van der Waals surface area contributed by atoms with Gasteiger partial charge in [-0.25, -0.2) is 0 Å². The monoisotopic (exact) mass is 421 g/mol. The zero-order chi connectivity index (χ0) is 21.0. The van der Waals surface area contributed by atoms with Crippen molar-refractivity contribution in [3.05, 3.63) is 48.6 Å². The highest BCUT2D eigenvalue weighted by Crippen LogP contribution is 2.33. The Kier molecular flexibility index (Phi) is 5.49. The van der Waals surface area contributed by atoms with Crippen LogP contribution in [-0.2, 0) is 11.3 Å². The van der Waals surface area contributed by atoms with Crippen molar-refractivity contribution in [2.45, 2.75) is 19.4 Å². The van der Waals surface area contributed by atoms with Crippen molar-refractivity contribution in [3.8, 4) is 22.9 Å². The van der Waals surface area contributed by atoms with Gasteiger partial charge in [0.05, 0.1) is 12.5 Å². The summed E-state index contributed by atoms with van der Waals surface area (Å²) in [6.45, 7) is 3.11. The fraction of sp³-hybridized carbons (Fsp3) is 0.364. The molecule has 31 heavy (non-hydrogen) atoms. The minimum atomic E-state index is -0.107. The van der Waals surface area contributed by atoms with E-state index >= 15 is 0 Å². The van der Waals surface area contributed by atoms with Crippen LogP contribution in [0.25, 0.3) is 11.4 Å². The van der Waals surface area contributed by atoms with Crippen LogP contribution in [0.15, 0.2) is 47.2 Å². The minimum Gasteiger partial charge on any atom is -0.486 e. The number of piperidine rings is 1. The van der Waals surface area contributed by atoms with Gasteiger partial charge in [-0.05, 0) is 43.7 Å². The van der Waals surface area contributed by atoms with E-state index < -0.39 is 0 Å². The van der Waals surface area contributed by atoms with Crippen LogP contribution < -0.4 is 14.8 Å². The third-order valence-corrected chi connectivity index (χ3v) is 5.45. The molecule has 9 nitrogen and oxygen atoms in total. The first-order chi connectivity index (χ1) is 15.2. The van der Waals surface area contributed by atoms with Gasteiger partial charge in [0.2, 0.25) is 17.6 Å². The summed E-state index contributed by atoms with van der Waals surface area (Å²) in [6, 6.07) is 9.16. The largest absolute Gasteiger partial charge is 0.486 e. The molecule has 0 saturated carbocycles. The van der Waals surface area contributed by atoms with Crippen molar-refractivity contribution < 1.29 is 18.8 Å². The smallest absolute Gasteiger partial charge is 0.241 e. The van der Waals surface area contributed by atoms with Crippen molar-refractivity contribution in [2.75, 3.05) is 31.6 Å². The molecule has 0 spiro atoms. The summed E-state index contributed by atoms with van der Waals surface area (Å²) in [5, 5.41) is 7.07. The second-order valence-corrected chi connectivity index (χ2v) is 7.67. The van der Waals surface area contributed by atoms with Gasteiger partial charge in [-0.1, -0.05) is 5.16 Å². The molecule has 0 bridgehead atoms. The number of carbonyl (C=O) groups excluding carboxylic acids is 1. The number of rotatable bonds is 5. The second kappa shape index (κ2) is 8.73. The van der Waals surface area contributed by atoms with Gasteiger partial charge < -0.3 is 19.3 Å². The predicted octanol–water partition coefficient (Wildman–Crippen LogP) is 2.75. The number of ether oxygens (including phenoxy) is 2. The maximum absolute atomic E-state index is 12.9. The highest BCUT2D eigenvalue weighted by Gasteiger charge is 2.27. The molecule has 1 saturated heterocycles. The number of pyridine rings is 1. The zero-order valence-corrected chi connectivity index (χ0v) is 17.0. The average Bonchev–Trinajstić information content (AvgIpc) is 3.28. The fourth-order valence-electron chi connectivity index (χ4n) is 3.91. The zero-order valence-electron chi connectivity index (χ0n) is 17.0. The number of hydrogen-bond acceptors (Lipinski definition) is 8. The molecule has 1 N–H and O–H groups in total. The van der Waals surface area contributed by atoms with Crippen molar-refractivity contribution in [3.63, 3.8) is 0 Å². The highest BCUT2D eigenvalue weighted by molar-refractivity contribution is 5.93. The number of nitrogens with zero attached hydrogens (tertiary/aromatic N) is 4. The summed E-state index contributed by atoms with van der Waals surface area (Å²) in [4.78, 5) is 23.5. The molecule has 5 rings (SSSR count). The molecule has 160 valence electrons. The topological polar surface area (TPSA) is 103 Å². The van der Waals surface area contributed by atoms with Gasteiger partial charge in [-0.2, -0.15) is 4.98 Å². The summed E-state index contributed by atoms with van der Waals surface area (Å²) in [5.41, 5.74) is 1.57. The van der Waals surface area contributed by atoms with Crippen molar-refractivity contribution in [1.29, 1.82) is 0 Å². The molecule has 2 aliphatic rings. The molecule has 1 unspecified atom stereocenters. The van der Waals surface area contributed by atoms with Crippen LogP contribution in [0.1, 0.15) is 18.7 Å². The summed E-state index contributed by atoms with van der Waals surface area (Å²) in [5.74, 6) is 2.35. The lowest BCUT2D eigenvalue weighted by Crippen LogP contribution is -2.40. The van der Waals surface area contributed by atoms with E-state index in [2.05, 4.69) is 25.3 Å². The number of carbonyl (C=O) groups is 1. The molecule has 1 atom stereocenters. The number of benzene rings is 1. The first kappa shape index (κ1) is 19.5. The number of likely N-dealkylation sites (tertiary alicyclic amines) is 1. The number of nitrogens with one attached hydrogen (secondary N) is 1. The van der Waals surface area contributed by atoms with Gasteiger partial charge in [0, 0.05) is 36.3 Å². The lowest BCUT2D eigenvalue weighted by molar-refractivity contribution is -0.121. The van der Waals surface area contributed by atoms with E-state index in [0.29, 0.717) is 55.2 Å². The van der Waals surface area contributed by atoms with Crippen molar-refractivity contribution in [1.82, 2.24) is 20.0 Å². The molecule has 0 aliphatic carbocycles. The molecular weight excluding hydrogens is 398 g/mol. The molecule has 9 heteroatoms. The van der Waals surface area contributed by atoms with Crippen LogP contribution in [0.3, 0.4) is 0 Å². The Morgan fingerprint density at radius 3 is 2.84 bits per heavy atom. The summed E-state index contributed by atoms with van der Waals surface area (Å²) in [7, 11) is 0. The minimum absolute atomic E-state index is 0.00406. The van der Waals surface area contributed by atoms with Crippen molar-refractivity contribution in [2.24, 2.45) is 5.92 Å². The predicted molar refractivity (Wildman–Crippen MR) is 112 cm³/mol. The number of amides is 1. The van der Waals surface area contributed by atoms with Crippen LogP contribution in [0, 0.1) is 5.92 Å². The maximum Gasteiger partial charge on any atom is 0.241 e. The van der Waals surface area contributed by atoms with E-state index in [-0.39, 0.29) is 11.8 Å². The van der Waals surface area contributed by atoms with Gasteiger partial charge in [0.1, 0.15) is 13.2 Å². The molecule has 2 aromatic heterocycles. The molecule has 1 aromatic carbocycles. The Morgan fingerprint density at radius 2 is 1.97 bits per heavy atom. The van der Waals surface area contributed by atoms with Crippen LogP contribution in [0.2, 0.25) is 0 Å². The van der Waals surface area contributed by atoms with E-state index in [1.165, 1.54) is 0 Å². The first-order valence-electron chi connectivity index (χ1n) is 10.4. The fourth-order valence-corrected chi connectivity index (χ4v) is 3.91. The summed E-state index contributed by atoms with van der Waals surface area (Å²) >= 11 is 0. The number of fused-ring (bicyclic) bond motifs is 1. The van der Waals surface area contributed by atoms with Crippen LogP contribution in [-0.4, -0.2) is 52.2 Å². The average molecular weight is 421 g/mol. The van der Waals surface area contributed by atoms with Gasteiger partial charge in [-0.3, -0.25) is 14.7 Å². The second-order valence-electron chi connectivity index (χ2n) is 7.67. The number of anilines is 1. The molecule has 0 radical (unpaired) electrons. The van der Waals surface area contributed by atoms with E-state index in [4.69, 9.17) is 14.0 Å². The third-order valence-electron chi connectivity index (χ3n) is 5.45. The molecular formula is C22H23N5O4. The lowest BCUT2D eigenvalue weighted by atomic mass is 9.97. The van der Waals surface area contributed by atoms with E-state index in [1.807, 2.05) is 30.3 Å². The quantitative estimate of drug-likeness (QED) is 0.671. The van der Waals surface area contributed by atoms with E-state index in [9.17, 15) is 4.79 Å². The number of hydrogen-bond donors (Lipinski definition) is 1. The Labute approximate surface area is 179 Å². The lowest BCUT2D eigenvalue weighted by Gasteiger charge is -2.31. The van der Waals surface area contributed by atoms with Crippen molar-refractivity contribution >= 4 is 11.6 Å².